The van der Waals surface area contributed by atoms with E-state index in [0.717, 1.165) is 16.5 Å². The number of carbonyl (C=O) groups excluding carboxylic acids is 3. The fraction of sp³-hybridized carbons (Fsp3) is 0.350. The molecule has 2 aromatic rings. The van der Waals surface area contributed by atoms with Gasteiger partial charge < -0.3 is 15.0 Å². The molecule has 1 aliphatic heterocycles. The van der Waals surface area contributed by atoms with E-state index in [1.165, 1.54) is 6.92 Å². The lowest BCUT2D eigenvalue weighted by molar-refractivity contribution is -0.148. The van der Waals surface area contributed by atoms with Gasteiger partial charge in [-0.05, 0) is 17.9 Å². The standard InChI is InChI=1S/C20H22N2O4/c1-14(23)21-10-5-11-26-20(25)16-12-19(24)22(13-16)18-9-4-7-15-6-2-3-8-17(15)18/h2-4,6-9,16H,5,10-13H2,1H3,(H,21,23)/t16-/m0/s1. The van der Waals surface area contributed by atoms with E-state index in [4.69, 9.17) is 4.74 Å². The molecule has 0 bridgehead atoms. The summed E-state index contributed by atoms with van der Waals surface area (Å²) in [6.45, 7) is 2.47. The molecule has 1 heterocycles. The van der Waals surface area contributed by atoms with Crippen molar-refractivity contribution in [2.24, 2.45) is 5.92 Å². The van der Waals surface area contributed by atoms with Gasteiger partial charge in [0.25, 0.3) is 0 Å². The van der Waals surface area contributed by atoms with Crippen molar-refractivity contribution in [1.82, 2.24) is 5.32 Å². The molecule has 0 aliphatic carbocycles. The van der Waals surface area contributed by atoms with E-state index in [-0.39, 0.29) is 30.8 Å². The van der Waals surface area contributed by atoms with E-state index >= 15 is 0 Å². The number of hydrogen-bond donors (Lipinski definition) is 1. The molecule has 1 N–H and O–H groups in total. The normalized spacial score (nSPS) is 16.7. The van der Waals surface area contributed by atoms with Gasteiger partial charge in [-0.2, -0.15) is 0 Å². The summed E-state index contributed by atoms with van der Waals surface area (Å²) in [6, 6.07) is 13.7. The summed E-state index contributed by atoms with van der Waals surface area (Å²) in [7, 11) is 0. The molecule has 0 spiro atoms. The fourth-order valence-corrected chi connectivity index (χ4v) is 3.17. The van der Waals surface area contributed by atoms with Crippen molar-refractivity contribution in [3.63, 3.8) is 0 Å². The minimum Gasteiger partial charge on any atom is -0.465 e. The molecular formula is C20H22N2O4. The number of fused-ring (bicyclic) bond motifs is 1. The summed E-state index contributed by atoms with van der Waals surface area (Å²) in [5.74, 6) is -0.990. The Labute approximate surface area is 152 Å². The summed E-state index contributed by atoms with van der Waals surface area (Å²) in [5.41, 5.74) is 0.828. The highest BCUT2D eigenvalue weighted by Crippen LogP contribution is 2.32. The Hall–Kier alpha value is -2.89. The van der Waals surface area contributed by atoms with Crippen LogP contribution in [0.4, 0.5) is 5.69 Å². The van der Waals surface area contributed by atoms with Crippen molar-refractivity contribution < 1.29 is 19.1 Å². The third-order valence-corrected chi connectivity index (χ3v) is 4.46. The number of benzene rings is 2. The molecule has 6 heteroatoms. The number of amides is 2. The Morgan fingerprint density at radius 1 is 1.19 bits per heavy atom. The highest BCUT2D eigenvalue weighted by molar-refractivity contribution is 6.06. The SMILES string of the molecule is CC(=O)NCCCOC(=O)[C@H]1CC(=O)N(c2cccc3ccccc23)C1. The Morgan fingerprint density at radius 2 is 1.96 bits per heavy atom. The minimum absolute atomic E-state index is 0.0680. The number of nitrogens with one attached hydrogen (secondary N) is 1. The molecule has 0 unspecified atom stereocenters. The third kappa shape index (κ3) is 4.02. The molecular weight excluding hydrogens is 332 g/mol. The molecule has 3 rings (SSSR count). The molecule has 1 saturated heterocycles. The van der Waals surface area contributed by atoms with Crippen LogP contribution in [0.1, 0.15) is 19.8 Å². The van der Waals surface area contributed by atoms with E-state index in [1.807, 2.05) is 42.5 Å². The van der Waals surface area contributed by atoms with Crippen molar-refractivity contribution in [1.29, 1.82) is 0 Å². The molecule has 26 heavy (non-hydrogen) atoms. The average Bonchev–Trinajstić information content (AvgIpc) is 3.02. The van der Waals surface area contributed by atoms with Crippen molar-refractivity contribution in [2.75, 3.05) is 24.6 Å². The number of anilines is 1. The third-order valence-electron chi connectivity index (χ3n) is 4.46. The van der Waals surface area contributed by atoms with Crippen LogP contribution in [-0.4, -0.2) is 37.5 Å². The number of esters is 1. The van der Waals surface area contributed by atoms with Crippen LogP contribution >= 0.6 is 0 Å². The molecule has 1 aliphatic rings. The van der Waals surface area contributed by atoms with Gasteiger partial charge in [-0.1, -0.05) is 36.4 Å². The largest absolute Gasteiger partial charge is 0.465 e. The van der Waals surface area contributed by atoms with Gasteiger partial charge in [0.1, 0.15) is 0 Å². The zero-order valence-corrected chi connectivity index (χ0v) is 14.7. The van der Waals surface area contributed by atoms with Crippen molar-refractivity contribution in [3.05, 3.63) is 42.5 Å². The number of rotatable bonds is 6. The summed E-state index contributed by atoms with van der Waals surface area (Å²) >= 11 is 0. The van der Waals surface area contributed by atoms with Crippen LogP contribution in [0.3, 0.4) is 0 Å². The first kappa shape index (κ1) is 17.9. The molecule has 2 aromatic carbocycles. The molecule has 0 radical (unpaired) electrons. The summed E-state index contributed by atoms with van der Waals surface area (Å²) < 4.78 is 5.26. The summed E-state index contributed by atoms with van der Waals surface area (Å²) in [5, 5.41) is 4.70. The van der Waals surface area contributed by atoms with Gasteiger partial charge in [0.15, 0.2) is 0 Å². The lowest BCUT2D eigenvalue weighted by Crippen LogP contribution is -2.27. The maximum atomic E-state index is 12.5. The molecule has 2 amide bonds. The Bertz CT molecular complexity index is 828. The predicted octanol–water partition coefficient (Wildman–Crippen LogP) is 2.26. The quantitative estimate of drug-likeness (QED) is 0.638. The molecule has 0 saturated carbocycles. The summed E-state index contributed by atoms with van der Waals surface area (Å²) in [6.07, 6.45) is 0.715. The van der Waals surface area contributed by atoms with Gasteiger partial charge in [-0.3, -0.25) is 14.4 Å². The number of hydrogen-bond acceptors (Lipinski definition) is 4. The Balaban J connectivity index is 1.61. The zero-order valence-electron chi connectivity index (χ0n) is 14.7. The second-order valence-corrected chi connectivity index (χ2v) is 6.41. The molecule has 136 valence electrons. The van der Waals surface area contributed by atoms with E-state index < -0.39 is 5.92 Å². The van der Waals surface area contributed by atoms with E-state index in [9.17, 15) is 14.4 Å². The maximum absolute atomic E-state index is 12.5. The highest BCUT2D eigenvalue weighted by Gasteiger charge is 2.36. The monoisotopic (exact) mass is 354 g/mol. The maximum Gasteiger partial charge on any atom is 0.311 e. The highest BCUT2D eigenvalue weighted by atomic mass is 16.5. The van der Waals surface area contributed by atoms with Gasteiger partial charge in [0.2, 0.25) is 11.8 Å². The lowest BCUT2D eigenvalue weighted by Gasteiger charge is -2.18. The van der Waals surface area contributed by atoms with Crippen molar-refractivity contribution in [2.45, 2.75) is 19.8 Å². The average molecular weight is 354 g/mol. The second-order valence-electron chi connectivity index (χ2n) is 6.41. The zero-order chi connectivity index (χ0) is 18.5. The molecule has 0 aromatic heterocycles. The fourth-order valence-electron chi connectivity index (χ4n) is 3.17. The predicted molar refractivity (Wildman–Crippen MR) is 98.7 cm³/mol. The first-order valence-corrected chi connectivity index (χ1v) is 8.75. The van der Waals surface area contributed by atoms with Gasteiger partial charge in [-0.25, -0.2) is 0 Å². The Morgan fingerprint density at radius 3 is 2.77 bits per heavy atom. The van der Waals surface area contributed by atoms with Gasteiger partial charge >= 0.3 is 5.97 Å². The topological polar surface area (TPSA) is 75.7 Å². The van der Waals surface area contributed by atoms with Gasteiger partial charge in [0, 0.05) is 31.8 Å². The summed E-state index contributed by atoms with van der Waals surface area (Å²) in [4.78, 5) is 37.2. The van der Waals surface area contributed by atoms with Crippen LogP contribution in [0.2, 0.25) is 0 Å². The smallest absolute Gasteiger partial charge is 0.311 e. The second kappa shape index (κ2) is 7.99. The van der Waals surface area contributed by atoms with E-state index in [1.54, 1.807) is 4.90 Å². The minimum atomic E-state index is -0.456. The van der Waals surface area contributed by atoms with Crippen LogP contribution in [0, 0.1) is 5.92 Å². The first-order valence-electron chi connectivity index (χ1n) is 8.75. The van der Waals surface area contributed by atoms with Crippen LogP contribution in [0.15, 0.2) is 42.5 Å². The Kier molecular flexibility index (Phi) is 5.51. The number of nitrogens with zero attached hydrogens (tertiary/aromatic N) is 1. The van der Waals surface area contributed by atoms with Crippen LogP contribution < -0.4 is 10.2 Å². The first-order chi connectivity index (χ1) is 12.6. The van der Waals surface area contributed by atoms with E-state index in [0.29, 0.717) is 19.5 Å². The number of carbonyl (C=O) groups is 3. The van der Waals surface area contributed by atoms with Crippen LogP contribution in [-0.2, 0) is 19.1 Å². The van der Waals surface area contributed by atoms with Crippen LogP contribution in [0.5, 0.6) is 0 Å². The lowest BCUT2D eigenvalue weighted by atomic mass is 10.1. The molecule has 6 nitrogen and oxygen atoms in total. The van der Waals surface area contributed by atoms with Gasteiger partial charge in [0.05, 0.1) is 18.2 Å². The molecule has 1 atom stereocenters. The molecule has 1 fully saturated rings. The van der Waals surface area contributed by atoms with Gasteiger partial charge in [-0.15, -0.1) is 0 Å². The van der Waals surface area contributed by atoms with Crippen molar-refractivity contribution in [3.8, 4) is 0 Å². The number of ether oxygens (including phenoxy) is 1. The van der Waals surface area contributed by atoms with Crippen LogP contribution in [0.25, 0.3) is 10.8 Å². The van der Waals surface area contributed by atoms with E-state index in [2.05, 4.69) is 5.32 Å². The van der Waals surface area contributed by atoms with Crippen molar-refractivity contribution >= 4 is 34.2 Å².